The van der Waals surface area contributed by atoms with E-state index in [0.717, 1.165) is 16.2 Å². The lowest BCUT2D eigenvalue weighted by Gasteiger charge is -2.17. The molecule has 7 heteroatoms. The fourth-order valence-corrected chi connectivity index (χ4v) is 6.14. The molecule has 0 bridgehead atoms. The number of halogens is 1. The van der Waals surface area contributed by atoms with E-state index in [0.29, 0.717) is 20.5 Å². The van der Waals surface area contributed by atoms with Crippen molar-refractivity contribution < 1.29 is 22.4 Å². The molecule has 0 aromatic heterocycles. The van der Waals surface area contributed by atoms with Gasteiger partial charge in [0, 0.05) is 25.1 Å². The van der Waals surface area contributed by atoms with Crippen LogP contribution in [0, 0.1) is 3.57 Å². The first-order valence-corrected chi connectivity index (χ1v) is 13.2. The summed E-state index contributed by atoms with van der Waals surface area (Å²) in [5, 5.41) is 3.00. The maximum absolute atomic E-state index is 11.6. The fourth-order valence-electron chi connectivity index (χ4n) is 4.02. The molecule has 0 unspecified atom stereocenters. The third-order valence-corrected chi connectivity index (χ3v) is 7.94. The minimum atomic E-state index is -4.33. The van der Waals surface area contributed by atoms with Crippen molar-refractivity contribution in [3.63, 3.8) is 0 Å². The quantitative estimate of drug-likeness (QED) is 0.134. The Labute approximate surface area is 218 Å². The zero-order valence-corrected chi connectivity index (χ0v) is 22.1. The summed E-state index contributed by atoms with van der Waals surface area (Å²) in [6.45, 7) is 0. The first-order valence-electron chi connectivity index (χ1n) is 10.7. The highest BCUT2D eigenvalue weighted by Gasteiger charge is 2.22. The standard InChI is InChI=1S/C16H13IO5S.C12H10/c1-21-15-9-5-3-4-6-10(9)16(22-2)13-11(15)7-8-12(14(13)17)23(18,19)20;1-3-7-11(8-4-1)12-9-5-2-6-10-12/h3-8H,1-2H3,(H,18,19,20);1-10H. The molecular weight excluding hydrogens is 575 g/mol. The molecule has 5 aromatic rings. The molecule has 0 aliphatic heterocycles. The summed E-state index contributed by atoms with van der Waals surface area (Å²) in [6, 6.07) is 31.3. The summed E-state index contributed by atoms with van der Waals surface area (Å²) in [5.74, 6) is 1.18. The van der Waals surface area contributed by atoms with Gasteiger partial charge in [0.25, 0.3) is 10.1 Å². The van der Waals surface area contributed by atoms with E-state index in [2.05, 4.69) is 48.5 Å². The van der Waals surface area contributed by atoms with E-state index >= 15 is 0 Å². The Kier molecular flexibility index (Phi) is 7.59. The van der Waals surface area contributed by atoms with Gasteiger partial charge in [-0.1, -0.05) is 84.9 Å². The highest BCUT2D eigenvalue weighted by Crippen LogP contribution is 2.45. The van der Waals surface area contributed by atoms with Crippen LogP contribution in [0.4, 0.5) is 0 Å². The summed E-state index contributed by atoms with van der Waals surface area (Å²) in [7, 11) is -1.23. The molecule has 0 aliphatic carbocycles. The van der Waals surface area contributed by atoms with Crippen LogP contribution in [0.25, 0.3) is 32.7 Å². The van der Waals surface area contributed by atoms with E-state index < -0.39 is 10.1 Å². The third kappa shape index (κ3) is 5.12. The van der Waals surface area contributed by atoms with Gasteiger partial charge in [0.15, 0.2) is 0 Å². The van der Waals surface area contributed by atoms with Crippen molar-refractivity contribution in [1.82, 2.24) is 0 Å². The molecule has 5 aromatic carbocycles. The zero-order chi connectivity index (χ0) is 25.0. The van der Waals surface area contributed by atoms with Crippen molar-refractivity contribution in [2.45, 2.75) is 4.90 Å². The first kappa shape index (κ1) is 25.0. The van der Waals surface area contributed by atoms with Crippen molar-refractivity contribution in [2.75, 3.05) is 14.2 Å². The molecule has 0 saturated carbocycles. The largest absolute Gasteiger partial charge is 0.495 e. The van der Waals surface area contributed by atoms with Crippen LogP contribution < -0.4 is 9.47 Å². The number of hydrogen-bond acceptors (Lipinski definition) is 4. The van der Waals surface area contributed by atoms with Crippen LogP contribution in [0.3, 0.4) is 0 Å². The van der Waals surface area contributed by atoms with Crippen molar-refractivity contribution in [3.05, 3.63) is 101 Å². The molecule has 5 rings (SSSR count). The van der Waals surface area contributed by atoms with Crippen molar-refractivity contribution in [2.24, 2.45) is 0 Å². The number of ether oxygens (including phenoxy) is 2. The van der Waals surface area contributed by atoms with E-state index in [-0.39, 0.29) is 4.90 Å². The molecule has 35 heavy (non-hydrogen) atoms. The Morgan fingerprint density at radius 3 is 1.54 bits per heavy atom. The molecule has 0 spiro atoms. The SMILES string of the molecule is COc1c2ccccc2c(OC)c2c(I)c(S(=O)(=O)O)ccc12.c1ccc(-c2ccccc2)cc1. The molecule has 0 saturated heterocycles. The molecular formula is C28H23IO5S. The smallest absolute Gasteiger partial charge is 0.295 e. The van der Waals surface area contributed by atoms with E-state index in [1.807, 2.05) is 59.0 Å². The molecule has 0 radical (unpaired) electrons. The van der Waals surface area contributed by atoms with Crippen molar-refractivity contribution in [3.8, 4) is 22.6 Å². The number of fused-ring (bicyclic) bond motifs is 2. The summed E-state index contributed by atoms with van der Waals surface area (Å²) >= 11 is 1.90. The third-order valence-electron chi connectivity index (χ3n) is 5.56. The summed E-state index contributed by atoms with van der Waals surface area (Å²) < 4.78 is 44.1. The average Bonchev–Trinajstić information content (AvgIpc) is 2.88. The minimum Gasteiger partial charge on any atom is -0.495 e. The molecule has 0 aliphatic rings. The lowest BCUT2D eigenvalue weighted by molar-refractivity contribution is 0.417. The van der Waals surface area contributed by atoms with Gasteiger partial charge in [-0.25, -0.2) is 0 Å². The van der Waals surface area contributed by atoms with E-state index in [1.165, 1.54) is 24.3 Å². The molecule has 0 fully saturated rings. The van der Waals surface area contributed by atoms with Gasteiger partial charge in [-0.05, 0) is 45.9 Å². The van der Waals surface area contributed by atoms with Gasteiger partial charge in [-0.3, -0.25) is 4.55 Å². The van der Waals surface area contributed by atoms with Gasteiger partial charge < -0.3 is 9.47 Å². The second-order valence-electron chi connectivity index (χ2n) is 7.62. The molecule has 178 valence electrons. The van der Waals surface area contributed by atoms with Crippen LogP contribution in [0.2, 0.25) is 0 Å². The Bertz CT molecular complexity index is 1550. The zero-order valence-electron chi connectivity index (χ0n) is 19.1. The molecule has 0 heterocycles. The van der Waals surface area contributed by atoms with Gasteiger partial charge in [0.2, 0.25) is 0 Å². The predicted molar refractivity (Wildman–Crippen MR) is 149 cm³/mol. The van der Waals surface area contributed by atoms with Crippen LogP contribution in [-0.2, 0) is 10.1 Å². The maximum Gasteiger partial charge on any atom is 0.295 e. The second-order valence-corrected chi connectivity index (χ2v) is 10.1. The maximum atomic E-state index is 11.6. The monoisotopic (exact) mass is 598 g/mol. The van der Waals surface area contributed by atoms with Crippen molar-refractivity contribution >= 4 is 54.3 Å². The number of rotatable bonds is 4. The molecule has 0 atom stereocenters. The van der Waals surface area contributed by atoms with Crippen LogP contribution in [-0.4, -0.2) is 27.2 Å². The molecule has 5 nitrogen and oxygen atoms in total. The molecule has 1 N–H and O–H groups in total. The Morgan fingerprint density at radius 1 is 0.629 bits per heavy atom. The topological polar surface area (TPSA) is 72.8 Å². The van der Waals surface area contributed by atoms with Crippen LogP contribution in [0.5, 0.6) is 11.5 Å². The minimum absolute atomic E-state index is 0.152. The van der Waals surface area contributed by atoms with Crippen LogP contribution in [0.15, 0.2) is 102 Å². The van der Waals surface area contributed by atoms with Gasteiger partial charge >= 0.3 is 0 Å². The predicted octanol–water partition coefficient (Wildman–Crippen LogP) is 7.22. The average molecular weight is 598 g/mol. The molecule has 0 amide bonds. The van der Waals surface area contributed by atoms with E-state index in [4.69, 9.17) is 9.47 Å². The number of benzene rings is 5. The fraction of sp³-hybridized carbons (Fsp3) is 0.0714. The lowest BCUT2D eigenvalue weighted by Crippen LogP contribution is -2.03. The summed E-state index contributed by atoms with van der Waals surface area (Å²) in [4.78, 5) is -0.152. The Morgan fingerprint density at radius 2 is 1.09 bits per heavy atom. The van der Waals surface area contributed by atoms with E-state index in [1.54, 1.807) is 13.2 Å². The van der Waals surface area contributed by atoms with Gasteiger partial charge in [0.05, 0.1) is 14.2 Å². The van der Waals surface area contributed by atoms with Gasteiger partial charge in [0.1, 0.15) is 16.4 Å². The second kappa shape index (κ2) is 10.6. The highest BCUT2D eigenvalue weighted by molar-refractivity contribution is 14.1. The number of methoxy groups -OCH3 is 2. The van der Waals surface area contributed by atoms with Crippen LogP contribution >= 0.6 is 22.6 Å². The summed E-state index contributed by atoms with van der Waals surface area (Å²) in [5.41, 5.74) is 2.55. The lowest BCUT2D eigenvalue weighted by atomic mass is 10.0. The number of hydrogen-bond donors (Lipinski definition) is 1. The normalized spacial score (nSPS) is 11.1. The Hall–Kier alpha value is -3.14. The summed E-state index contributed by atoms with van der Waals surface area (Å²) in [6.07, 6.45) is 0. The van der Waals surface area contributed by atoms with Crippen LogP contribution in [0.1, 0.15) is 0 Å². The van der Waals surface area contributed by atoms with E-state index in [9.17, 15) is 13.0 Å². The first-order chi connectivity index (χ1) is 16.9. The highest BCUT2D eigenvalue weighted by atomic mass is 127. The van der Waals surface area contributed by atoms with Gasteiger partial charge in [-0.15, -0.1) is 0 Å². The van der Waals surface area contributed by atoms with Crippen molar-refractivity contribution in [1.29, 1.82) is 0 Å². The van der Waals surface area contributed by atoms with Gasteiger partial charge in [-0.2, -0.15) is 8.42 Å². The Balaban J connectivity index is 0.000000201.